The molecule has 20 heavy (non-hydrogen) atoms. The van der Waals surface area contributed by atoms with E-state index in [-0.39, 0.29) is 17.9 Å². The summed E-state index contributed by atoms with van der Waals surface area (Å²) >= 11 is 0. The molecule has 0 aliphatic carbocycles. The van der Waals surface area contributed by atoms with Gasteiger partial charge in [0.1, 0.15) is 6.04 Å². The zero-order chi connectivity index (χ0) is 14.4. The SMILES string of the molecule is CCC(=O)Nc1cccc(NC(=O)C2COCCN2)c1. The van der Waals surface area contributed by atoms with Gasteiger partial charge in [0.25, 0.3) is 0 Å². The Kier molecular flexibility index (Phi) is 5.09. The predicted octanol–water partition coefficient (Wildman–Crippen LogP) is 0.962. The lowest BCUT2D eigenvalue weighted by molar-refractivity contribution is -0.120. The molecule has 1 aromatic rings. The maximum Gasteiger partial charge on any atom is 0.243 e. The number of hydrogen-bond donors (Lipinski definition) is 3. The Labute approximate surface area is 117 Å². The van der Waals surface area contributed by atoms with Crippen LogP contribution >= 0.6 is 0 Å². The number of amides is 2. The third-order valence-corrected chi connectivity index (χ3v) is 2.97. The van der Waals surface area contributed by atoms with Crippen LogP contribution in [0.25, 0.3) is 0 Å². The third-order valence-electron chi connectivity index (χ3n) is 2.97. The van der Waals surface area contributed by atoms with Gasteiger partial charge in [0.2, 0.25) is 11.8 Å². The van der Waals surface area contributed by atoms with E-state index in [0.29, 0.717) is 37.6 Å². The number of ether oxygens (including phenoxy) is 1. The topological polar surface area (TPSA) is 79.5 Å². The van der Waals surface area contributed by atoms with Crippen molar-refractivity contribution in [1.82, 2.24) is 5.32 Å². The maximum absolute atomic E-state index is 12.0. The van der Waals surface area contributed by atoms with E-state index in [1.165, 1.54) is 0 Å². The number of carbonyl (C=O) groups is 2. The molecule has 0 radical (unpaired) electrons. The second kappa shape index (κ2) is 7.02. The summed E-state index contributed by atoms with van der Waals surface area (Å²) in [6.45, 7) is 3.46. The minimum Gasteiger partial charge on any atom is -0.378 e. The number of benzene rings is 1. The van der Waals surface area contributed by atoms with Gasteiger partial charge in [0.05, 0.1) is 13.2 Å². The predicted molar refractivity (Wildman–Crippen MR) is 76.6 cm³/mol. The van der Waals surface area contributed by atoms with E-state index in [2.05, 4.69) is 16.0 Å². The molecule has 1 aliphatic rings. The Morgan fingerprint density at radius 2 is 2.10 bits per heavy atom. The molecule has 1 atom stereocenters. The molecule has 0 aromatic heterocycles. The molecule has 0 saturated carbocycles. The summed E-state index contributed by atoms with van der Waals surface area (Å²) in [5.74, 6) is -0.195. The van der Waals surface area contributed by atoms with E-state index < -0.39 is 0 Å². The first-order valence-electron chi connectivity index (χ1n) is 6.71. The number of carbonyl (C=O) groups excluding carboxylic acids is 2. The van der Waals surface area contributed by atoms with E-state index >= 15 is 0 Å². The van der Waals surface area contributed by atoms with Crippen molar-refractivity contribution >= 4 is 23.2 Å². The standard InChI is InChI=1S/C14H19N3O3/c1-2-13(18)16-10-4-3-5-11(8-10)17-14(19)12-9-20-7-6-15-12/h3-5,8,12,15H,2,6-7,9H2,1H3,(H,16,18)(H,17,19). The van der Waals surface area contributed by atoms with E-state index in [4.69, 9.17) is 4.74 Å². The Bertz CT molecular complexity index is 484. The van der Waals surface area contributed by atoms with Crippen LogP contribution in [0, 0.1) is 0 Å². The van der Waals surface area contributed by atoms with E-state index in [0.717, 1.165) is 0 Å². The second-order valence-electron chi connectivity index (χ2n) is 4.55. The van der Waals surface area contributed by atoms with Crippen molar-refractivity contribution in [2.45, 2.75) is 19.4 Å². The van der Waals surface area contributed by atoms with Crippen LogP contribution in [0.15, 0.2) is 24.3 Å². The van der Waals surface area contributed by atoms with Gasteiger partial charge in [-0.05, 0) is 18.2 Å². The molecule has 1 saturated heterocycles. The molecule has 0 bridgehead atoms. The van der Waals surface area contributed by atoms with E-state index in [1.54, 1.807) is 31.2 Å². The highest BCUT2D eigenvalue weighted by Gasteiger charge is 2.21. The molecule has 3 N–H and O–H groups in total. The van der Waals surface area contributed by atoms with Gasteiger partial charge >= 0.3 is 0 Å². The molecule has 1 aromatic carbocycles. The molecule has 6 nitrogen and oxygen atoms in total. The fourth-order valence-electron chi connectivity index (χ4n) is 1.89. The van der Waals surface area contributed by atoms with Crippen LogP contribution in [0.3, 0.4) is 0 Å². The monoisotopic (exact) mass is 277 g/mol. The van der Waals surface area contributed by atoms with Crippen LogP contribution in [0.4, 0.5) is 11.4 Å². The molecule has 108 valence electrons. The largest absolute Gasteiger partial charge is 0.378 e. The first-order valence-corrected chi connectivity index (χ1v) is 6.71. The Balaban J connectivity index is 1.96. The zero-order valence-corrected chi connectivity index (χ0v) is 11.4. The number of hydrogen-bond acceptors (Lipinski definition) is 4. The van der Waals surface area contributed by atoms with Crippen LogP contribution in [-0.2, 0) is 14.3 Å². The highest BCUT2D eigenvalue weighted by molar-refractivity contribution is 5.96. The lowest BCUT2D eigenvalue weighted by Crippen LogP contribution is -2.48. The van der Waals surface area contributed by atoms with Gasteiger partial charge in [-0.1, -0.05) is 13.0 Å². The highest BCUT2D eigenvalue weighted by atomic mass is 16.5. The Hall–Kier alpha value is -1.92. The van der Waals surface area contributed by atoms with Gasteiger partial charge < -0.3 is 20.7 Å². The third kappa shape index (κ3) is 4.04. The fraction of sp³-hybridized carbons (Fsp3) is 0.429. The van der Waals surface area contributed by atoms with Crippen LogP contribution in [0.5, 0.6) is 0 Å². The zero-order valence-electron chi connectivity index (χ0n) is 11.4. The van der Waals surface area contributed by atoms with Gasteiger partial charge in [-0.25, -0.2) is 0 Å². The number of rotatable bonds is 4. The molecular weight excluding hydrogens is 258 g/mol. The van der Waals surface area contributed by atoms with Crippen LogP contribution in [0.1, 0.15) is 13.3 Å². The van der Waals surface area contributed by atoms with Crippen molar-refractivity contribution in [2.24, 2.45) is 0 Å². The van der Waals surface area contributed by atoms with Crippen molar-refractivity contribution in [3.05, 3.63) is 24.3 Å². The summed E-state index contributed by atoms with van der Waals surface area (Å²) in [5.41, 5.74) is 1.32. The maximum atomic E-state index is 12.0. The number of morpholine rings is 1. The van der Waals surface area contributed by atoms with Gasteiger partial charge in [0, 0.05) is 24.3 Å². The first-order chi connectivity index (χ1) is 9.69. The summed E-state index contributed by atoms with van der Waals surface area (Å²) < 4.78 is 5.25. The summed E-state index contributed by atoms with van der Waals surface area (Å²) in [7, 11) is 0. The minimum atomic E-state index is -0.336. The molecule has 1 heterocycles. The van der Waals surface area contributed by atoms with Gasteiger partial charge in [-0.15, -0.1) is 0 Å². The van der Waals surface area contributed by atoms with Gasteiger partial charge in [-0.3, -0.25) is 9.59 Å². The minimum absolute atomic E-state index is 0.0594. The summed E-state index contributed by atoms with van der Waals surface area (Å²) in [4.78, 5) is 23.4. The van der Waals surface area contributed by atoms with Crippen LogP contribution in [0.2, 0.25) is 0 Å². The Morgan fingerprint density at radius 1 is 1.35 bits per heavy atom. The number of nitrogens with one attached hydrogen (secondary N) is 3. The van der Waals surface area contributed by atoms with Crippen molar-refractivity contribution in [3.8, 4) is 0 Å². The second-order valence-corrected chi connectivity index (χ2v) is 4.55. The van der Waals surface area contributed by atoms with Gasteiger partial charge in [0.15, 0.2) is 0 Å². The summed E-state index contributed by atoms with van der Waals surface area (Å²) in [6, 6.07) is 6.74. The molecule has 6 heteroatoms. The molecule has 2 rings (SSSR count). The molecule has 1 aliphatic heterocycles. The van der Waals surface area contributed by atoms with E-state index in [9.17, 15) is 9.59 Å². The summed E-state index contributed by atoms with van der Waals surface area (Å²) in [6.07, 6.45) is 0.417. The van der Waals surface area contributed by atoms with E-state index in [1.807, 2.05) is 0 Å². The molecule has 1 fully saturated rings. The van der Waals surface area contributed by atoms with Crippen LogP contribution in [-0.4, -0.2) is 37.6 Å². The smallest absolute Gasteiger partial charge is 0.243 e. The lowest BCUT2D eigenvalue weighted by Gasteiger charge is -2.23. The molecule has 2 amide bonds. The summed E-state index contributed by atoms with van der Waals surface area (Å²) in [5, 5.41) is 8.65. The highest BCUT2D eigenvalue weighted by Crippen LogP contribution is 2.15. The van der Waals surface area contributed by atoms with Gasteiger partial charge in [-0.2, -0.15) is 0 Å². The average molecular weight is 277 g/mol. The first kappa shape index (κ1) is 14.5. The Morgan fingerprint density at radius 3 is 2.75 bits per heavy atom. The van der Waals surface area contributed by atoms with Crippen molar-refractivity contribution in [3.63, 3.8) is 0 Å². The van der Waals surface area contributed by atoms with Crippen molar-refractivity contribution < 1.29 is 14.3 Å². The number of anilines is 2. The molecular formula is C14H19N3O3. The molecule has 0 spiro atoms. The van der Waals surface area contributed by atoms with Crippen molar-refractivity contribution in [2.75, 3.05) is 30.4 Å². The van der Waals surface area contributed by atoms with Crippen LogP contribution < -0.4 is 16.0 Å². The lowest BCUT2D eigenvalue weighted by atomic mass is 10.2. The van der Waals surface area contributed by atoms with Crippen molar-refractivity contribution in [1.29, 1.82) is 0 Å². The fourth-order valence-corrected chi connectivity index (χ4v) is 1.89. The quantitative estimate of drug-likeness (QED) is 0.766. The normalized spacial score (nSPS) is 18.4. The average Bonchev–Trinajstić information content (AvgIpc) is 2.48. The molecule has 1 unspecified atom stereocenters.